The molecule has 0 aromatic rings. The summed E-state index contributed by atoms with van der Waals surface area (Å²) in [4.78, 5) is 0. The summed E-state index contributed by atoms with van der Waals surface area (Å²) in [6.45, 7) is 1.89. The van der Waals surface area contributed by atoms with E-state index in [1.807, 2.05) is 21.1 Å². The van der Waals surface area contributed by atoms with Crippen molar-refractivity contribution in [1.82, 2.24) is 5.32 Å². The van der Waals surface area contributed by atoms with Gasteiger partial charge in [0.25, 0.3) is 0 Å². The fourth-order valence-corrected chi connectivity index (χ4v) is 2.23. The van der Waals surface area contributed by atoms with Crippen molar-refractivity contribution in [2.24, 2.45) is 0 Å². The van der Waals surface area contributed by atoms with Gasteiger partial charge in [-0.2, -0.15) is 0 Å². The van der Waals surface area contributed by atoms with Crippen LogP contribution in [-0.2, 0) is 4.74 Å². The monoisotopic (exact) mass is 195 g/mol. The third-order valence-corrected chi connectivity index (χ3v) is 3.32. The second kappa shape index (κ2) is 5.38. The van der Waals surface area contributed by atoms with Crippen LogP contribution in [0.4, 0.5) is 0 Å². The van der Waals surface area contributed by atoms with Gasteiger partial charge in [-0.3, -0.25) is 0 Å². The number of ether oxygens (including phenoxy) is 1. The minimum absolute atomic E-state index is 0.101. The zero-order valence-corrected chi connectivity index (χ0v) is 9.52. The maximum Gasteiger partial charge on any atom is 0.0831 e. The molecule has 0 aromatic heterocycles. The molecule has 1 rings (SSSR count). The number of hydrogen-bond acceptors (Lipinski definition) is 2. The molecule has 1 saturated carbocycles. The summed E-state index contributed by atoms with van der Waals surface area (Å²) >= 11 is 0. The molecule has 1 N–H and O–H groups in total. The van der Waals surface area contributed by atoms with Crippen LogP contribution in [0.5, 0.6) is 0 Å². The molecule has 2 nitrogen and oxygen atoms in total. The first-order valence-corrected chi connectivity index (χ1v) is 5.41. The van der Waals surface area contributed by atoms with Crippen LogP contribution in [0.15, 0.2) is 0 Å². The van der Waals surface area contributed by atoms with Crippen molar-refractivity contribution in [2.75, 3.05) is 14.2 Å². The molecular formula is C12H21NO. The summed E-state index contributed by atoms with van der Waals surface area (Å²) in [6.07, 6.45) is 5.73. The Morgan fingerprint density at radius 2 is 2.21 bits per heavy atom. The Labute approximate surface area is 87.4 Å². The van der Waals surface area contributed by atoms with E-state index in [1.54, 1.807) is 0 Å². The van der Waals surface area contributed by atoms with Gasteiger partial charge in [-0.15, -0.1) is 11.8 Å². The van der Waals surface area contributed by atoms with Crippen LogP contribution >= 0.6 is 0 Å². The lowest BCUT2D eigenvalue weighted by Crippen LogP contribution is -2.55. The van der Waals surface area contributed by atoms with Crippen LogP contribution < -0.4 is 5.32 Å². The van der Waals surface area contributed by atoms with E-state index in [9.17, 15) is 0 Å². The van der Waals surface area contributed by atoms with Crippen molar-refractivity contribution in [3.8, 4) is 11.8 Å². The second-order valence-corrected chi connectivity index (χ2v) is 3.93. The van der Waals surface area contributed by atoms with E-state index in [-0.39, 0.29) is 5.60 Å². The molecule has 1 aliphatic rings. The van der Waals surface area contributed by atoms with Gasteiger partial charge in [-0.05, 0) is 39.7 Å². The van der Waals surface area contributed by atoms with Gasteiger partial charge in [0.2, 0.25) is 0 Å². The predicted molar refractivity (Wildman–Crippen MR) is 59.1 cm³/mol. The molecule has 0 heterocycles. The molecule has 0 amide bonds. The van der Waals surface area contributed by atoms with E-state index in [0.29, 0.717) is 6.04 Å². The molecule has 1 atom stereocenters. The summed E-state index contributed by atoms with van der Waals surface area (Å²) in [6, 6.07) is 0.460. The average Bonchev–Trinajstić information content (AvgIpc) is 2.14. The first kappa shape index (κ1) is 11.6. The Morgan fingerprint density at radius 1 is 1.50 bits per heavy atom. The van der Waals surface area contributed by atoms with Gasteiger partial charge in [0, 0.05) is 19.6 Å². The van der Waals surface area contributed by atoms with Crippen LogP contribution in [0.2, 0.25) is 0 Å². The summed E-state index contributed by atoms with van der Waals surface area (Å²) in [5.41, 5.74) is 0.101. The van der Waals surface area contributed by atoms with Crippen LogP contribution in [0, 0.1) is 11.8 Å². The van der Waals surface area contributed by atoms with E-state index < -0.39 is 0 Å². The highest BCUT2D eigenvalue weighted by atomic mass is 16.5. The first-order chi connectivity index (χ1) is 6.79. The SMILES string of the molecule is CC#CCCC(NC)C1(OC)CCC1. The van der Waals surface area contributed by atoms with Gasteiger partial charge in [0.05, 0.1) is 5.60 Å². The molecule has 0 aromatic carbocycles. The maximum atomic E-state index is 5.65. The molecule has 1 fully saturated rings. The number of methoxy groups -OCH3 is 1. The van der Waals surface area contributed by atoms with Gasteiger partial charge in [-0.25, -0.2) is 0 Å². The average molecular weight is 195 g/mol. The summed E-state index contributed by atoms with van der Waals surface area (Å²) in [7, 11) is 3.85. The molecule has 0 aliphatic heterocycles. The van der Waals surface area contributed by atoms with Gasteiger partial charge >= 0.3 is 0 Å². The molecule has 1 unspecified atom stereocenters. The van der Waals surface area contributed by atoms with Gasteiger partial charge in [-0.1, -0.05) is 0 Å². The first-order valence-electron chi connectivity index (χ1n) is 5.41. The fraction of sp³-hybridized carbons (Fsp3) is 0.833. The van der Waals surface area contributed by atoms with E-state index in [4.69, 9.17) is 4.74 Å². The molecule has 0 radical (unpaired) electrons. The summed E-state index contributed by atoms with van der Waals surface area (Å²) in [5, 5.41) is 3.36. The minimum atomic E-state index is 0.101. The molecule has 14 heavy (non-hydrogen) atoms. The van der Waals surface area contributed by atoms with Gasteiger partial charge in [0.1, 0.15) is 0 Å². The maximum absolute atomic E-state index is 5.65. The third kappa shape index (κ3) is 2.29. The molecule has 0 spiro atoms. The van der Waals surface area contributed by atoms with Crippen LogP contribution in [0.1, 0.15) is 39.0 Å². The molecule has 1 aliphatic carbocycles. The van der Waals surface area contributed by atoms with Crippen molar-refractivity contribution in [3.05, 3.63) is 0 Å². The van der Waals surface area contributed by atoms with Crippen LogP contribution in [0.25, 0.3) is 0 Å². The van der Waals surface area contributed by atoms with E-state index in [0.717, 1.165) is 12.8 Å². The van der Waals surface area contributed by atoms with Crippen molar-refractivity contribution in [2.45, 2.75) is 50.7 Å². The molecule has 0 saturated heterocycles. The number of rotatable bonds is 5. The molecular weight excluding hydrogens is 174 g/mol. The van der Waals surface area contributed by atoms with Crippen LogP contribution in [-0.4, -0.2) is 25.8 Å². The quantitative estimate of drug-likeness (QED) is 0.677. The second-order valence-electron chi connectivity index (χ2n) is 3.93. The Bertz CT molecular complexity index is 217. The standard InChI is InChI=1S/C12H21NO/c1-4-5-6-8-11(13-2)12(14-3)9-7-10-12/h11,13H,6-10H2,1-3H3. The number of nitrogens with one attached hydrogen (secondary N) is 1. The van der Waals surface area contributed by atoms with Gasteiger partial charge < -0.3 is 10.1 Å². The lowest BCUT2D eigenvalue weighted by Gasteiger charge is -2.46. The largest absolute Gasteiger partial charge is 0.377 e. The van der Waals surface area contributed by atoms with E-state index in [2.05, 4.69) is 17.2 Å². The van der Waals surface area contributed by atoms with E-state index >= 15 is 0 Å². The highest BCUT2D eigenvalue weighted by Gasteiger charge is 2.43. The lowest BCUT2D eigenvalue weighted by molar-refractivity contribution is -0.0981. The number of likely N-dealkylation sites (N-methyl/N-ethyl adjacent to an activating group) is 1. The molecule has 80 valence electrons. The zero-order valence-electron chi connectivity index (χ0n) is 9.52. The van der Waals surface area contributed by atoms with Gasteiger partial charge in [0.15, 0.2) is 0 Å². The van der Waals surface area contributed by atoms with Crippen molar-refractivity contribution in [3.63, 3.8) is 0 Å². The Kier molecular flexibility index (Phi) is 4.44. The Hall–Kier alpha value is -0.520. The normalized spacial score (nSPS) is 20.5. The Morgan fingerprint density at radius 3 is 2.57 bits per heavy atom. The zero-order chi connectivity index (χ0) is 10.4. The van der Waals surface area contributed by atoms with E-state index in [1.165, 1.54) is 19.3 Å². The lowest BCUT2D eigenvalue weighted by atomic mass is 9.73. The topological polar surface area (TPSA) is 21.3 Å². The summed E-state index contributed by atoms with van der Waals surface area (Å²) < 4.78 is 5.65. The molecule has 0 bridgehead atoms. The Balaban J connectivity index is 2.45. The van der Waals surface area contributed by atoms with Crippen molar-refractivity contribution < 1.29 is 4.74 Å². The third-order valence-electron chi connectivity index (χ3n) is 3.32. The van der Waals surface area contributed by atoms with Crippen LogP contribution in [0.3, 0.4) is 0 Å². The van der Waals surface area contributed by atoms with Crippen molar-refractivity contribution >= 4 is 0 Å². The smallest absolute Gasteiger partial charge is 0.0831 e. The highest BCUT2D eigenvalue weighted by molar-refractivity contribution is 5.02. The predicted octanol–water partition coefficient (Wildman–Crippen LogP) is 1.95. The minimum Gasteiger partial charge on any atom is -0.377 e. The number of hydrogen-bond donors (Lipinski definition) is 1. The summed E-state index contributed by atoms with van der Waals surface area (Å²) in [5.74, 6) is 6.05. The molecule has 2 heteroatoms. The highest BCUT2D eigenvalue weighted by Crippen LogP contribution is 2.39. The van der Waals surface area contributed by atoms with Crippen molar-refractivity contribution in [1.29, 1.82) is 0 Å². The fourth-order valence-electron chi connectivity index (χ4n) is 2.23.